The topological polar surface area (TPSA) is 110 Å². The summed E-state index contributed by atoms with van der Waals surface area (Å²) in [4.78, 5) is 14.1. The van der Waals surface area contributed by atoms with Gasteiger partial charge in [0, 0.05) is 11.1 Å². The molecule has 6 aromatic rings. The lowest BCUT2D eigenvalue weighted by Crippen LogP contribution is -2.37. The summed E-state index contributed by atoms with van der Waals surface area (Å²) in [6.07, 6.45) is -8.17. The summed E-state index contributed by atoms with van der Waals surface area (Å²) in [5, 5.41) is -7.46. The summed E-state index contributed by atoms with van der Waals surface area (Å²) >= 11 is 2.31. The van der Waals surface area contributed by atoms with Crippen LogP contribution in [0, 0.1) is 0 Å². The van der Waals surface area contributed by atoms with Crippen LogP contribution in [0.5, 0.6) is 11.5 Å². The minimum atomic E-state index is -5.72. The van der Waals surface area contributed by atoms with Crippen molar-refractivity contribution >= 4 is 44.3 Å². The molecule has 0 aliphatic heterocycles. The van der Waals surface area contributed by atoms with Crippen molar-refractivity contribution in [2.75, 3.05) is 14.2 Å². The molecular formula is C32H24F8N4O4S4. The van der Waals surface area contributed by atoms with Crippen LogP contribution in [-0.4, -0.2) is 65.9 Å². The van der Waals surface area contributed by atoms with E-state index in [0.29, 0.717) is 38.9 Å². The number of alkyl halides is 8. The summed E-state index contributed by atoms with van der Waals surface area (Å²) in [6, 6.07) is 20.0. The molecule has 8 nitrogen and oxygen atoms in total. The zero-order valence-corrected chi connectivity index (χ0v) is 29.7. The number of aromatic nitrogens is 4. The van der Waals surface area contributed by atoms with Crippen LogP contribution in [0.4, 0.5) is 35.1 Å². The normalized spacial score (nSPS) is 12.2. The van der Waals surface area contributed by atoms with Crippen LogP contribution >= 0.6 is 34.4 Å². The molecule has 0 bridgehead atoms. The lowest BCUT2D eigenvalue weighted by Gasteiger charge is -2.13. The van der Waals surface area contributed by atoms with Gasteiger partial charge in [-0.15, -0.1) is 22.7 Å². The Balaban J connectivity index is 0.000000202. The summed E-state index contributed by atoms with van der Waals surface area (Å²) in [5.74, 6) is 1.15. The summed E-state index contributed by atoms with van der Waals surface area (Å²) in [6.45, 7) is 0. The average molecular weight is 809 g/mol. The van der Waals surface area contributed by atoms with Crippen molar-refractivity contribution in [2.45, 2.75) is 33.7 Å². The monoisotopic (exact) mass is 808 g/mol. The lowest BCUT2D eigenvalue weighted by atomic mass is 10.1. The van der Waals surface area contributed by atoms with E-state index in [1.807, 2.05) is 5.38 Å². The van der Waals surface area contributed by atoms with Gasteiger partial charge in [0.15, 0.2) is 5.16 Å². The smallest absolute Gasteiger partial charge is 0.411 e. The number of H-pyrrole nitrogens is 2. The highest BCUT2D eigenvalue weighted by molar-refractivity contribution is 8.00. The number of nitrogens with one attached hydrogen (secondary N) is 2. The molecule has 0 amide bonds. The minimum Gasteiger partial charge on any atom is -0.497 e. The van der Waals surface area contributed by atoms with E-state index in [4.69, 9.17) is 9.47 Å². The number of imidazole rings is 2. The van der Waals surface area contributed by atoms with Gasteiger partial charge < -0.3 is 19.4 Å². The number of hydrogen-bond acceptors (Lipinski definition) is 9. The number of halogens is 8. The zero-order chi connectivity index (χ0) is 37.8. The third-order valence-corrected chi connectivity index (χ3v) is 11.2. The van der Waals surface area contributed by atoms with Gasteiger partial charge in [-0.25, -0.2) is 35.9 Å². The first kappa shape index (κ1) is 38.8. The largest absolute Gasteiger partial charge is 0.497 e. The van der Waals surface area contributed by atoms with Crippen LogP contribution in [0.3, 0.4) is 0 Å². The van der Waals surface area contributed by atoms with Gasteiger partial charge in [0.2, 0.25) is 5.16 Å². The maximum atomic E-state index is 13.6. The van der Waals surface area contributed by atoms with Gasteiger partial charge >= 0.3 is 23.4 Å². The molecule has 0 aliphatic carbocycles. The van der Waals surface area contributed by atoms with Crippen molar-refractivity contribution < 1.29 is 53.0 Å². The standard InChI is InChI=1S/C16H12F4N2O3S2.C16H12F4N2OS2/c1-25-10-6-4-9(5-7-10)12-13(11-3-2-8-26-11)22-15(21-12)27(23,24)16(19,20)14(17)18;1-23-10-6-4-9(5-7-10)12-13(11-3-2-8-24-11)22-15(21-12)25-16(19,20)14(17)18/h2-8,14H,1H3,(H,21,22);2-8,14H,1H3,(H,21,22). The number of thiophene rings is 2. The molecule has 0 fully saturated rings. The van der Waals surface area contributed by atoms with Crippen molar-refractivity contribution in [3.63, 3.8) is 0 Å². The third-order valence-electron chi connectivity index (χ3n) is 6.98. The van der Waals surface area contributed by atoms with Gasteiger partial charge in [-0.1, -0.05) is 12.1 Å². The minimum absolute atomic E-state index is 0.0451. The highest BCUT2D eigenvalue weighted by atomic mass is 32.2. The fourth-order valence-electron chi connectivity index (χ4n) is 4.41. The molecule has 276 valence electrons. The molecular weight excluding hydrogens is 785 g/mol. The zero-order valence-electron chi connectivity index (χ0n) is 26.4. The average Bonchev–Trinajstić information content (AvgIpc) is 3.95. The quantitative estimate of drug-likeness (QED) is 0.0936. The van der Waals surface area contributed by atoms with E-state index >= 15 is 0 Å². The number of hydrogen-bond donors (Lipinski definition) is 2. The Hall–Kier alpha value is -4.40. The molecule has 4 aromatic heterocycles. The number of sulfone groups is 1. The van der Waals surface area contributed by atoms with Gasteiger partial charge in [-0.05, 0) is 83.2 Å². The maximum absolute atomic E-state index is 13.6. The van der Waals surface area contributed by atoms with Gasteiger partial charge in [0.1, 0.15) is 11.5 Å². The van der Waals surface area contributed by atoms with E-state index in [2.05, 4.69) is 19.9 Å². The highest BCUT2D eigenvalue weighted by Gasteiger charge is 2.56. The molecule has 2 aromatic carbocycles. The Morgan fingerprint density at radius 1 is 0.692 bits per heavy atom. The summed E-state index contributed by atoms with van der Waals surface area (Å²) < 4.78 is 138. The number of aromatic amines is 2. The third kappa shape index (κ3) is 8.13. The molecule has 6 rings (SSSR count). The number of methoxy groups -OCH3 is 2. The Kier molecular flexibility index (Phi) is 11.7. The van der Waals surface area contributed by atoms with Crippen LogP contribution < -0.4 is 9.47 Å². The van der Waals surface area contributed by atoms with Crippen molar-refractivity contribution in [3.8, 4) is 55.2 Å². The molecule has 0 atom stereocenters. The fraction of sp³-hybridized carbons (Fsp3) is 0.188. The van der Waals surface area contributed by atoms with Crippen LogP contribution in [-0.2, 0) is 9.84 Å². The van der Waals surface area contributed by atoms with E-state index in [-0.39, 0.29) is 28.3 Å². The predicted octanol–water partition coefficient (Wildman–Crippen LogP) is 10.2. The first-order valence-corrected chi connectivity index (χ1v) is 18.5. The van der Waals surface area contributed by atoms with E-state index in [1.54, 1.807) is 78.2 Å². The van der Waals surface area contributed by atoms with Gasteiger partial charge in [0.05, 0.1) is 46.7 Å². The molecule has 0 unspecified atom stereocenters. The number of ether oxygens (including phenoxy) is 2. The Morgan fingerprint density at radius 3 is 1.56 bits per heavy atom. The molecule has 2 N–H and O–H groups in total. The molecule has 0 saturated heterocycles. The van der Waals surface area contributed by atoms with Crippen molar-refractivity contribution in [3.05, 3.63) is 83.6 Å². The fourth-order valence-corrected chi connectivity index (χ4v) is 7.44. The SMILES string of the molecule is COc1ccc(-c2nc(S(=O)(=O)C(F)(F)C(F)F)[nH]c2-c2cccs2)cc1.COc1ccc(-c2nc(SC(F)(F)C(F)F)[nH]c2-c2cccs2)cc1. The molecule has 0 spiro atoms. The maximum Gasteiger partial charge on any atom is 0.411 e. The molecule has 20 heteroatoms. The first-order valence-electron chi connectivity index (χ1n) is 14.4. The van der Waals surface area contributed by atoms with E-state index in [1.165, 1.54) is 36.9 Å². The number of rotatable bonds is 12. The van der Waals surface area contributed by atoms with Crippen molar-refractivity contribution in [1.29, 1.82) is 0 Å². The van der Waals surface area contributed by atoms with Crippen molar-refractivity contribution in [1.82, 2.24) is 19.9 Å². The second-order valence-electron chi connectivity index (χ2n) is 10.3. The van der Waals surface area contributed by atoms with Crippen LogP contribution in [0.2, 0.25) is 0 Å². The van der Waals surface area contributed by atoms with Gasteiger partial charge in [0.25, 0.3) is 9.84 Å². The second-order valence-corrected chi connectivity index (χ2v) is 15.2. The molecule has 0 radical (unpaired) electrons. The highest BCUT2D eigenvalue weighted by Crippen LogP contribution is 2.43. The van der Waals surface area contributed by atoms with Gasteiger partial charge in [-0.2, -0.15) is 17.6 Å². The van der Waals surface area contributed by atoms with Crippen LogP contribution in [0.15, 0.2) is 93.9 Å². The van der Waals surface area contributed by atoms with E-state index < -0.39 is 38.4 Å². The molecule has 52 heavy (non-hydrogen) atoms. The lowest BCUT2D eigenvalue weighted by molar-refractivity contribution is -0.0639. The second kappa shape index (κ2) is 15.7. The number of nitrogens with zero attached hydrogens (tertiary/aromatic N) is 2. The Morgan fingerprint density at radius 2 is 1.15 bits per heavy atom. The number of benzene rings is 2. The molecule has 0 saturated carbocycles. The van der Waals surface area contributed by atoms with E-state index in [9.17, 15) is 43.5 Å². The summed E-state index contributed by atoms with van der Waals surface area (Å²) in [5.41, 5.74) is 2.16. The Labute approximate surface area is 302 Å². The first-order chi connectivity index (χ1) is 24.6. The molecule has 0 aliphatic rings. The molecule has 4 heterocycles. The summed E-state index contributed by atoms with van der Waals surface area (Å²) in [7, 11) is -2.74. The van der Waals surface area contributed by atoms with Gasteiger partial charge in [-0.3, -0.25) is 0 Å². The van der Waals surface area contributed by atoms with E-state index in [0.717, 1.165) is 4.88 Å². The van der Waals surface area contributed by atoms with Crippen LogP contribution in [0.1, 0.15) is 0 Å². The van der Waals surface area contributed by atoms with Crippen LogP contribution in [0.25, 0.3) is 43.7 Å². The number of thioether (sulfide) groups is 1. The van der Waals surface area contributed by atoms with Crippen molar-refractivity contribution in [2.24, 2.45) is 0 Å². The Bertz CT molecular complexity index is 2170. The predicted molar refractivity (Wildman–Crippen MR) is 183 cm³/mol.